The van der Waals surface area contributed by atoms with Crippen LogP contribution in [-0.2, 0) is 13.6 Å². The number of hydrogen-bond donors (Lipinski definition) is 2. The van der Waals surface area contributed by atoms with Gasteiger partial charge < -0.3 is 4.42 Å². The minimum atomic E-state index is -0.339. The molecule has 2 rings (SSSR count). The molecular weight excluding hydrogens is 220 g/mol. The van der Waals surface area contributed by atoms with Gasteiger partial charge in [0.25, 0.3) is 0 Å². The number of aryl methyl sites for hydroxylation is 1. The van der Waals surface area contributed by atoms with Gasteiger partial charge in [-0.2, -0.15) is 0 Å². The third kappa shape index (κ3) is 2.38. The van der Waals surface area contributed by atoms with E-state index in [1.807, 2.05) is 30.1 Å². The van der Waals surface area contributed by atoms with Crippen molar-refractivity contribution in [3.05, 3.63) is 34.3 Å². The largest absolute Gasteiger partial charge is 0.419 e. The zero-order valence-corrected chi connectivity index (χ0v) is 9.93. The number of aromatic nitrogens is 1. The Hall–Kier alpha value is -1.63. The first-order valence-corrected chi connectivity index (χ1v) is 5.32. The van der Waals surface area contributed by atoms with Crippen molar-refractivity contribution < 1.29 is 4.42 Å². The molecule has 0 atom stereocenters. The highest BCUT2D eigenvalue weighted by Gasteiger charge is 2.07. The van der Waals surface area contributed by atoms with Gasteiger partial charge in [0.15, 0.2) is 5.58 Å². The van der Waals surface area contributed by atoms with Crippen molar-refractivity contribution in [2.45, 2.75) is 6.54 Å². The second-order valence-corrected chi connectivity index (χ2v) is 4.11. The van der Waals surface area contributed by atoms with Crippen LogP contribution in [-0.4, -0.2) is 23.2 Å². The van der Waals surface area contributed by atoms with Crippen LogP contribution in [0.15, 0.2) is 27.4 Å². The Balaban J connectivity index is 2.31. The number of hydrogen-bond acceptors (Lipinski definition) is 5. The molecule has 0 aliphatic rings. The van der Waals surface area contributed by atoms with E-state index in [9.17, 15) is 4.79 Å². The first kappa shape index (κ1) is 11.8. The van der Waals surface area contributed by atoms with E-state index in [2.05, 4.69) is 5.43 Å². The molecule has 1 aromatic carbocycles. The summed E-state index contributed by atoms with van der Waals surface area (Å²) in [6, 6.07) is 5.71. The van der Waals surface area contributed by atoms with Crippen molar-refractivity contribution in [2.75, 3.05) is 13.7 Å². The molecule has 0 radical (unpaired) electrons. The highest BCUT2D eigenvalue weighted by Crippen LogP contribution is 2.15. The van der Waals surface area contributed by atoms with Crippen molar-refractivity contribution >= 4 is 11.1 Å². The molecule has 1 heterocycles. The Morgan fingerprint density at radius 1 is 1.53 bits per heavy atom. The van der Waals surface area contributed by atoms with Crippen LogP contribution in [0.2, 0.25) is 0 Å². The lowest BCUT2D eigenvalue weighted by atomic mass is 10.2. The molecule has 0 spiro atoms. The van der Waals surface area contributed by atoms with Gasteiger partial charge in [-0.05, 0) is 24.7 Å². The van der Waals surface area contributed by atoms with Crippen molar-refractivity contribution in [1.29, 1.82) is 0 Å². The molecule has 6 heteroatoms. The zero-order chi connectivity index (χ0) is 12.4. The van der Waals surface area contributed by atoms with Crippen LogP contribution in [0.3, 0.4) is 0 Å². The number of hydrazine groups is 1. The topological polar surface area (TPSA) is 76.4 Å². The average molecular weight is 236 g/mol. The summed E-state index contributed by atoms with van der Waals surface area (Å²) < 4.78 is 6.57. The van der Waals surface area contributed by atoms with Gasteiger partial charge in [0.1, 0.15) is 0 Å². The molecule has 0 fully saturated rings. The fraction of sp³-hybridized carbons (Fsp3) is 0.364. The maximum Gasteiger partial charge on any atom is 0.419 e. The van der Waals surface area contributed by atoms with Crippen LogP contribution >= 0.6 is 0 Å². The molecule has 6 nitrogen and oxygen atoms in total. The second kappa shape index (κ2) is 4.70. The van der Waals surface area contributed by atoms with E-state index >= 15 is 0 Å². The molecule has 0 aliphatic carbocycles. The molecule has 0 saturated heterocycles. The highest BCUT2D eigenvalue weighted by atomic mass is 16.4. The van der Waals surface area contributed by atoms with E-state index in [-0.39, 0.29) is 5.76 Å². The zero-order valence-electron chi connectivity index (χ0n) is 9.93. The first-order valence-electron chi connectivity index (χ1n) is 5.32. The van der Waals surface area contributed by atoms with Crippen molar-refractivity contribution in [3.8, 4) is 0 Å². The molecular formula is C11H16N4O2. The lowest BCUT2D eigenvalue weighted by Crippen LogP contribution is -2.34. The third-order valence-electron chi connectivity index (χ3n) is 2.67. The Kier molecular flexibility index (Phi) is 3.28. The van der Waals surface area contributed by atoms with Gasteiger partial charge in [0.2, 0.25) is 0 Å². The van der Waals surface area contributed by atoms with E-state index in [4.69, 9.17) is 10.3 Å². The number of oxazole rings is 1. The van der Waals surface area contributed by atoms with E-state index < -0.39 is 0 Å². The van der Waals surface area contributed by atoms with Gasteiger partial charge in [-0.1, -0.05) is 6.07 Å². The molecule has 0 saturated carbocycles. The molecule has 17 heavy (non-hydrogen) atoms. The van der Waals surface area contributed by atoms with E-state index in [1.165, 1.54) is 4.57 Å². The SMILES string of the molecule is CN(CNN)Cc1ccc2oc(=O)n(C)c2c1. The highest BCUT2D eigenvalue weighted by molar-refractivity contribution is 5.73. The minimum Gasteiger partial charge on any atom is -0.408 e. The Morgan fingerprint density at radius 2 is 2.29 bits per heavy atom. The lowest BCUT2D eigenvalue weighted by Gasteiger charge is -2.15. The smallest absolute Gasteiger partial charge is 0.408 e. The number of nitrogens with zero attached hydrogens (tertiary/aromatic N) is 2. The van der Waals surface area contributed by atoms with E-state index in [0.29, 0.717) is 12.3 Å². The monoisotopic (exact) mass is 236 g/mol. The summed E-state index contributed by atoms with van der Waals surface area (Å²) in [4.78, 5) is 13.4. The summed E-state index contributed by atoms with van der Waals surface area (Å²) in [6.45, 7) is 1.35. The standard InChI is InChI=1S/C11H16N4O2/c1-14(7-13-12)6-8-3-4-10-9(5-8)15(2)11(16)17-10/h3-5,13H,6-7,12H2,1-2H3. The normalized spacial score (nSPS) is 11.5. The summed E-state index contributed by atoms with van der Waals surface area (Å²) in [5.74, 6) is 4.91. The van der Waals surface area contributed by atoms with Gasteiger partial charge in [0.05, 0.1) is 12.2 Å². The van der Waals surface area contributed by atoms with Crippen LogP contribution in [0, 0.1) is 0 Å². The number of fused-ring (bicyclic) bond motifs is 1. The number of nitrogens with one attached hydrogen (secondary N) is 1. The Bertz CT molecular complexity index is 572. The van der Waals surface area contributed by atoms with Crippen molar-refractivity contribution in [2.24, 2.45) is 12.9 Å². The maximum atomic E-state index is 11.3. The van der Waals surface area contributed by atoms with Gasteiger partial charge in [-0.3, -0.25) is 15.3 Å². The fourth-order valence-corrected chi connectivity index (χ4v) is 1.79. The van der Waals surface area contributed by atoms with Crippen molar-refractivity contribution in [3.63, 3.8) is 0 Å². The lowest BCUT2D eigenvalue weighted by molar-refractivity contribution is 0.301. The summed E-state index contributed by atoms with van der Waals surface area (Å²) in [7, 11) is 3.65. The Labute approximate surface area is 98.6 Å². The third-order valence-corrected chi connectivity index (χ3v) is 2.67. The van der Waals surface area contributed by atoms with Gasteiger partial charge in [-0.15, -0.1) is 0 Å². The summed E-state index contributed by atoms with van der Waals surface area (Å²) in [5, 5.41) is 0. The van der Waals surface area contributed by atoms with Crippen molar-refractivity contribution in [1.82, 2.24) is 14.9 Å². The molecule has 0 amide bonds. The second-order valence-electron chi connectivity index (χ2n) is 4.11. The number of rotatable bonds is 4. The molecule has 3 N–H and O–H groups in total. The quantitative estimate of drug-likeness (QED) is 0.443. The maximum absolute atomic E-state index is 11.3. The fourth-order valence-electron chi connectivity index (χ4n) is 1.79. The van der Waals surface area contributed by atoms with Crippen LogP contribution in [0.4, 0.5) is 0 Å². The van der Waals surface area contributed by atoms with Gasteiger partial charge >= 0.3 is 5.76 Å². The molecule has 1 aromatic heterocycles. The van der Waals surface area contributed by atoms with E-state index in [0.717, 1.165) is 17.6 Å². The average Bonchev–Trinajstić information content (AvgIpc) is 2.56. The minimum absolute atomic E-state index is 0.339. The summed E-state index contributed by atoms with van der Waals surface area (Å²) in [6.07, 6.45) is 0. The number of nitrogens with two attached hydrogens (primary N) is 1. The molecule has 0 bridgehead atoms. The van der Waals surface area contributed by atoms with Crippen LogP contribution in [0.1, 0.15) is 5.56 Å². The predicted octanol–water partition coefficient (Wildman–Crippen LogP) is -0.0159. The molecule has 92 valence electrons. The molecule has 0 aliphatic heterocycles. The summed E-state index contributed by atoms with van der Waals surface area (Å²) in [5.41, 5.74) is 5.11. The Morgan fingerprint density at radius 3 is 3.00 bits per heavy atom. The molecule has 2 aromatic rings. The van der Waals surface area contributed by atoms with Crippen LogP contribution < -0.4 is 17.0 Å². The first-order chi connectivity index (χ1) is 8.11. The predicted molar refractivity (Wildman–Crippen MR) is 65.1 cm³/mol. The summed E-state index contributed by atoms with van der Waals surface area (Å²) >= 11 is 0. The number of benzene rings is 1. The van der Waals surface area contributed by atoms with Gasteiger partial charge in [-0.25, -0.2) is 10.2 Å². The van der Waals surface area contributed by atoms with Gasteiger partial charge in [0, 0.05) is 13.6 Å². The molecule has 0 unspecified atom stereocenters. The van der Waals surface area contributed by atoms with Crippen LogP contribution in [0.25, 0.3) is 11.1 Å². The van der Waals surface area contributed by atoms with E-state index in [1.54, 1.807) is 7.05 Å². The van der Waals surface area contributed by atoms with Crippen LogP contribution in [0.5, 0.6) is 0 Å².